The Bertz CT molecular complexity index is 68.8. The zero-order chi connectivity index (χ0) is 5.98. The Morgan fingerprint density at radius 2 is 2.38 bits per heavy atom. The summed E-state index contributed by atoms with van der Waals surface area (Å²) in [6.07, 6.45) is 1.20. The van der Waals surface area contributed by atoms with E-state index in [9.17, 15) is 0 Å². The maximum Gasteiger partial charge on any atom is 0.237 e. The highest BCUT2D eigenvalue weighted by atomic mass is 35.5. The van der Waals surface area contributed by atoms with Gasteiger partial charge in [-0.05, 0) is 13.3 Å². The van der Waals surface area contributed by atoms with Gasteiger partial charge in [-0.25, -0.2) is 0 Å². The van der Waals surface area contributed by atoms with Gasteiger partial charge in [0.1, 0.15) is 0 Å². The molecular formula is C5H9ClO2. The van der Waals surface area contributed by atoms with Crippen LogP contribution in [0.3, 0.4) is 0 Å². The van der Waals surface area contributed by atoms with Crippen LogP contribution in [-0.4, -0.2) is 18.5 Å². The van der Waals surface area contributed by atoms with E-state index < -0.39 is 5.75 Å². The number of alkyl halides is 1. The number of hydrogen-bond donors (Lipinski definition) is 0. The first kappa shape index (κ1) is 6.33. The molecule has 0 radical (unpaired) electrons. The van der Waals surface area contributed by atoms with Gasteiger partial charge in [0.05, 0.1) is 12.7 Å². The minimum atomic E-state index is -0.515. The van der Waals surface area contributed by atoms with Crippen molar-refractivity contribution in [2.75, 3.05) is 6.61 Å². The highest BCUT2D eigenvalue weighted by Crippen LogP contribution is 2.13. The number of ether oxygens (including phenoxy) is 2. The van der Waals surface area contributed by atoms with Gasteiger partial charge in [0.25, 0.3) is 0 Å². The van der Waals surface area contributed by atoms with Gasteiger partial charge in [0.2, 0.25) is 5.75 Å². The lowest BCUT2D eigenvalue weighted by Crippen LogP contribution is -2.26. The quantitative estimate of drug-likeness (QED) is 0.468. The molecule has 2 unspecified atom stereocenters. The molecule has 0 N–H and O–H groups in total. The summed E-state index contributed by atoms with van der Waals surface area (Å²) in [6, 6.07) is 0. The van der Waals surface area contributed by atoms with Crippen LogP contribution in [-0.2, 0) is 9.47 Å². The van der Waals surface area contributed by atoms with Crippen LogP contribution in [0.1, 0.15) is 13.3 Å². The largest absolute Gasteiger partial charge is 0.340 e. The SMILES string of the molecule is CC1CCOC(Cl)O1. The maximum atomic E-state index is 5.47. The predicted octanol–water partition coefficient (Wildman–Crippen LogP) is 1.33. The Morgan fingerprint density at radius 1 is 1.62 bits per heavy atom. The van der Waals surface area contributed by atoms with Crippen molar-refractivity contribution in [3.05, 3.63) is 0 Å². The summed E-state index contributed by atoms with van der Waals surface area (Å²) >= 11 is 5.47. The highest BCUT2D eigenvalue weighted by molar-refractivity contribution is 6.18. The van der Waals surface area contributed by atoms with Crippen LogP contribution in [0.15, 0.2) is 0 Å². The zero-order valence-electron chi connectivity index (χ0n) is 4.76. The third-order valence-electron chi connectivity index (χ3n) is 1.11. The highest BCUT2D eigenvalue weighted by Gasteiger charge is 2.15. The average Bonchev–Trinajstić information content (AvgIpc) is 1.64. The second-order valence-electron chi connectivity index (χ2n) is 1.88. The topological polar surface area (TPSA) is 18.5 Å². The number of rotatable bonds is 0. The van der Waals surface area contributed by atoms with Gasteiger partial charge in [-0.15, -0.1) is 0 Å². The average molecular weight is 137 g/mol. The lowest BCUT2D eigenvalue weighted by Gasteiger charge is -2.23. The van der Waals surface area contributed by atoms with Gasteiger partial charge in [-0.3, -0.25) is 0 Å². The fraction of sp³-hybridized carbons (Fsp3) is 1.00. The Balaban J connectivity index is 2.23. The van der Waals surface area contributed by atoms with Crippen molar-refractivity contribution in [3.8, 4) is 0 Å². The molecule has 2 atom stereocenters. The molecule has 0 aromatic heterocycles. The molecule has 0 aromatic rings. The van der Waals surface area contributed by atoms with E-state index in [0.29, 0.717) is 0 Å². The van der Waals surface area contributed by atoms with Crippen molar-refractivity contribution >= 4 is 11.6 Å². The lowest BCUT2D eigenvalue weighted by atomic mass is 10.3. The fourth-order valence-electron chi connectivity index (χ4n) is 0.617. The molecule has 1 fully saturated rings. The van der Waals surface area contributed by atoms with Crippen LogP contribution in [0, 0.1) is 0 Å². The minimum absolute atomic E-state index is 0.256. The Labute approximate surface area is 53.7 Å². The van der Waals surface area contributed by atoms with Crippen molar-refractivity contribution in [2.24, 2.45) is 0 Å². The Hall–Kier alpha value is 0.210. The maximum absolute atomic E-state index is 5.47. The van der Waals surface area contributed by atoms with E-state index in [1.165, 1.54) is 0 Å². The van der Waals surface area contributed by atoms with Crippen molar-refractivity contribution < 1.29 is 9.47 Å². The minimum Gasteiger partial charge on any atom is -0.340 e. The van der Waals surface area contributed by atoms with Gasteiger partial charge < -0.3 is 9.47 Å². The molecule has 48 valence electrons. The van der Waals surface area contributed by atoms with Crippen LogP contribution in [0.25, 0.3) is 0 Å². The molecule has 0 spiro atoms. The lowest BCUT2D eigenvalue weighted by molar-refractivity contribution is -0.161. The number of halogens is 1. The molecule has 1 aliphatic rings. The molecule has 1 heterocycles. The molecule has 0 aliphatic carbocycles. The molecule has 2 nitrogen and oxygen atoms in total. The summed E-state index contributed by atoms with van der Waals surface area (Å²) in [5, 5.41) is 0. The zero-order valence-corrected chi connectivity index (χ0v) is 5.52. The molecule has 1 aliphatic heterocycles. The van der Waals surface area contributed by atoms with Gasteiger partial charge >= 0.3 is 0 Å². The second kappa shape index (κ2) is 2.67. The summed E-state index contributed by atoms with van der Waals surface area (Å²) in [5.74, 6) is -0.515. The van der Waals surface area contributed by atoms with E-state index in [-0.39, 0.29) is 6.10 Å². The van der Waals surface area contributed by atoms with Crippen molar-refractivity contribution in [3.63, 3.8) is 0 Å². The van der Waals surface area contributed by atoms with Crippen LogP contribution in [0.4, 0.5) is 0 Å². The second-order valence-corrected chi connectivity index (χ2v) is 2.24. The van der Waals surface area contributed by atoms with E-state index >= 15 is 0 Å². The van der Waals surface area contributed by atoms with E-state index in [1.807, 2.05) is 6.92 Å². The normalized spacial score (nSPS) is 39.8. The molecule has 0 aromatic carbocycles. The monoisotopic (exact) mass is 136 g/mol. The fourth-order valence-corrected chi connectivity index (χ4v) is 0.881. The van der Waals surface area contributed by atoms with Crippen molar-refractivity contribution in [2.45, 2.75) is 25.2 Å². The first-order valence-corrected chi connectivity index (χ1v) is 3.14. The third kappa shape index (κ3) is 1.62. The van der Waals surface area contributed by atoms with Crippen LogP contribution >= 0.6 is 11.6 Å². The molecule has 0 amide bonds. The summed E-state index contributed by atoms with van der Waals surface area (Å²) in [7, 11) is 0. The summed E-state index contributed by atoms with van der Waals surface area (Å²) in [5.41, 5.74) is 0. The first-order valence-electron chi connectivity index (χ1n) is 2.70. The van der Waals surface area contributed by atoms with Gasteiger partial charge in [-0.2, -0.15) is 0 Å². The summed E-state index contributed by atoms with van der Waals surface area (Å²) < 4.78 is 9.92. The standard InChI is InChI=1S/C5H9ClO2/c1-4-2-3-7-5(6)8-4/h4-5H,2-3H2,1H3. The Kier molecular flexibility index (Phi) is 2.11. The first-order chi connectivity index (χ1) is 3.79. The summed E-state index contributed by atoms with van der Waals surface area (Å²) in [4.78, 5) is 0. The van der Waals surface area contributed by atoms with E-state index in [0.717, 1.165) is 13.0 Å². The van der Waals surface area contributed by atoms with Crippen LogP contribution in [0.5, 0.6) is 0 Å². The van der Waals surface area contributed by atoms with E-state index in [2.05, 4.69) is 0 Å². The molecule has 3 heteroatoms. The van der Waals surface area contributed by atoms with Crippen molar-refractivity contribution in [1.29, 1.82) is 0 Å². The smallest absolute Gasteiger partial charge is 0.237 e. The van der Waals surface area contributed by atoms with E-state index in [4.69, 9.17) is 21.1 Å². The third-order valence-corrected chi connectivity index (χ3v) is 1.34. The molecule has 1 saturated heterocycles. The van der Waals surface area contributed by atoms with Gasteiger partial charge in [0, 0.05) is 0 Å². The number of hydrogen-bond acceptors (Lipinski definition) is 2. The molecule has 0 saturated carbocycles. The predicted molar refractivity (Wildman–Crippen MR) is 30.8 cm³/mol. The molecule has 8 heavy (non-hydrogen) atoms. The Morgan fingerprint density at radius 3 is 2.75 bits per heavy atom. The molecule has 1 rings (SSSR count). The van der Waals surface area contributed by atoms with Crippen LogP contribution in [0.2, 0.25) is 0 Å². The van der Waals surface area contributed by atoms with Gasteiger partial charge in [0.15, 0.2) is 0 Å². The van der Waals surface area contributed by atoms with E-state index in [1.54, 1.807) is 0 Å². The van der Waals surface area contributed by atoms with Gasteiger partial charge in [-0.1, -0.05) is 11.6 Å². The molecular weight excluding hydrogens is 128 g/mol. The van der Waals surface area contributed by atoms with Crippen LogP contribution < -0.4 is 0 Å². The van der Waals surface area contributed by atoms with Crippen molar-refractivity contribution in [1.82, 2.24) is 0 Å². The summed E-state index contributed by atoms with van der Waals surface area (Å²) in [6.45, 7) is 2.70. The molecule has 0 bridgehead atoms.